The molecule has 0 bridgehead atoms. The van der Waals surface area contributed by atoms with E-state index in [1.54, 1.807) is 11.0 Å². The molecule has 1 fully saturated rings. The van der Waals surface area contributed by atoms with Gasteiger partial charge in [0.05, 0.1) is 5.92 Å². The van der Waals surface area contributed by atoms with E-state index in [-0.39, 0.29) is 25.3 Å². The number of piperidine rings is 1. The van der Waals surface area contributed by atoms with Crippen molar-refractivity contribution in [3.05, 3.63) is 35.1 Å². The van der Waals surface area contributed by atoms with Crippen LogP contribution in [0, 0.1) is 11.7 Å². The summed E-state index contributed by atoms with van der Waals surface area (Å²) in [6.07, 6.45) is -3.42. The number of benzene rings is 1. The van der Waals surface area contributed by atoms with E-state index >= 15 is 0 Å². The van der Waals surface area contributed by atoms with Gasteiger partial charge < -0.3 is 5.73 Å². The molecule has 1 aromatic rings. The van der Waals surface area contributed by atoms with Gasteiger partial charge >= 0.3 is 6.18 Å². The zero-order valence-electron chi connectivity index (χ0n) is 11.1. The third-order valence-corrected chi connectivity index (χ3v) is 3.75. The number of hydrogen-bond donors (Lipinski definition) is 1. The van der Waals surface area contributed by atoms with E-state index in [4.69, 9.17) is 5.73 Å². The molecule has 0 amide bonds. The molecule has 1 aliphatic rings. The van der Waals surface area contributed by atoms with Crippen LogP contribution in [0.3, 0.4) is 0 Å². The van der Waals surface area contributed by atoms with Crippen molar-refractivity contribution in [1.82, 2.24) is 4.90 Å². The van der Waals surface area contributed by atoms with Crippen molar-refractivity contribution in [1.29, 1.82) is 0 Å². The van der Waals surface area contributed by atoms with E-state index < -0.39 is 12.1 Å². The monoisotopic (exact) mass is 290 g/mol. The van der Waals surface area contributed by atoms with Crippen molar-refractivity contribution in [2.45, 2.75) is 32.1 Å². The predicted molar refractivity (Wildman–Crippen MR) is 68.3 cm³/mol. The van der Waals surface area contributed by atoms with Gasteiger partial charge in [-0.25, -0.2) is 4.39 Å². The van der Waals surface area contributed by atoms with Crippen molar-refractivity contribution in [3.8, 4) is 0 Å². The first-order valence-corrected chi connectivity index (χ1v) is 6.66. The lowest BCUT2D eigenvalue weighted by Crippen LogP contribution is -2.41. The largest absolute Gasteiger partial charge is 0.393 e. The molecule has 0 radical (unpaired) electrons. The van der Waals surface area contributed by atoms with Gasteiger partial charge in [-0.2, -0.15) is 13.2 Å². The van der Waals surface area contributed by atoms with E-state index in [1.165, 1.54) is 12.1 Å². The zero-order chi connectivity index (χ0) is 14.8. The second-order valence-corrected chi connectivity index (χ2v) is 5.23. The van der Waals surface area contributed by atoms with Gasteiger partial charge in [0.25, 0.3) is 0 Å². The molecule has 0 aliphatic carbocycles. The Labute approximate surface area is 115 Å². The molecule has 1 heterocycles. The van der Waals surface area contributed by atoms with E-state index in [0.717, 1.165) is 5.56 Å². The summed E-state index contributed by atoms with van der Waals surface area (Å²) >= 11 is 0. The number of nitrogens with zero attached hydrogens (tertiary/aromatic N) is 1. The van der Waals surface area contributed by atoms with E-state index in [9.17, 15) is 17.6 Å². The second kappa shape index (κ2) is 6.10. The molecule has 1 aromatic carbocycles. The SMILES string of the molecule is NCc1cc(F)ccc1CN1CCCC(C(F)(F)F)C1. The van der Waals surface area contributed by atoms with E-state index in [0.29, 0.717) is 25.1 Å². The molecule has 6 heteroatoms. The highest BCUT2D eigenvalue weighted by Gasteiger charge is 2.41. The first kappa shape index (κ1) is 15.3. The molecule has 1 aliphatic heterocycles. The quantitative estimate of drug-likeness (QED) is 0.867. The maximum absolute atomic E-state index is 13.1. The summed E-state index contributed by atoms with van der Waals surface area (Å²) in [6, 6.07) is 4.27. The molecule has 0 spiro atoms. The maximum atomic E-state index is 13.1. The predicted octanol–water partition coefficient (Wildman–Crippen LogP) is 3.06. The smallest absolute Gasteiger partial charge is 0.326 e. The summed E-state index contributed by atoms with van der Waals surface area (Å²) in [5.41, 5.74) is 7.01. The molecule has 112 valence electrons. The summed E-state index contributed by atoms with van der Waals surface area (Å²) in [5, 5.41) is 0. The minimum Gasteiger partial charge on any atom is -0.326 e. The molecule has 1 atom stereocenters. The van der Waals surface area contributed by atoms with Crippen LogP contribution >= 0.6 is 0 Å². The van der Waals surface area contributed by atoms with Crippen molar-refractivity contribution >= 4 is 0 Å². The van der Waals surface area contributed by atoms with Crippen LogP contribution in [0.1, 0.15) is 24.0 Å². The highest BCUT2D eigenvalue weighted by Crippen LogP contribution is 2.33. The zero-order valence-corrected chi connectivity index (χ0v) is 11.1. The fourth-order valence-corrected chi connectivity index (χ4v) is 2.65. The molecule has 2 nitrogen and oxygen atoms in total. The average molecular weight is 290 g/mol. The third-order valence-electron chi connectivity index (χ3n) is 3.75. The highest BCUT2D eigenvalue weighted by atomic mass is 19.4. The lowest BCUT2D eigenvalue weighted by Gasteiger charge is -2.34. The number of alkyl halides is 3. The first-order chi connectivity index (χ1) is 9.40. The molecule has 2 N–H and O–H groups in total. The Kier molecular flexibility index (Phi) is 4.65. The first-order valence-electron chi connectivity index (χ1n) is 6.66. The minimum absolute atomic E-state index is 0.00485. The number of likely N-dealkylation sites (tertiary alicyclic amines) is 1. The van der Waals surface area contributed by atoms with Crippen LogP contribution in [0.4, 0.5) is 17.6 Å². The summed E-state index contributed by atoms with van der Waals surface area (Å²) in [4.78, 5) is 1.77. The molecular weight excluding hydrogens is 272 g/mol. The lowest BCUT2D eigenvalue weighted by molar-refractivity contribution is -0.187. The van der Waals surface area contributed by atoms with Gasteiger partial charge in [0.15, 0.2) is 0 Å². The van der Waals surface area contributed by atoms with Crippen LogP contribution in [-0.4, -0.2) is 24.2 Å². The Morgan fingerprint density at radius 1 is 1.25 bits per heavy atom. The van der Waals surface area contributed by atoms with Crippen molar-refractivity contribution in [2.75, 3.05) is 13.1 Å². The van der Waals surface area contributed by atoms with Crippen LogP contribution in [0.25, 0.3) is 0 Å². The summed E-state index contributed by atoms with van der Waals surface area (Å²) in [5.74, 6) is -1.64. The van der Waals surface area contributed by atoms with Crippen molar-refractivity contribution in [2.24, 2.45) is 11.7 Å². The molecule has 0 aromatic heterocycles. The van der Waals surface area contributed by atoms with Gasteiger partial charge in [0, 0.05) is 19.6 Å². The second-order valence-electron chi connectivity index (χ2n) is 5.23. The Bertz CT molecular complexity index is 459. The van der Waals surface area contributed by atoms with Gasteiger partial charge in [-0.15, -0.1) is 0 Å². The molecule has 1 unspecified atom stereocenters. The van der Waals surface area contributed by atoms with Crippen molar-refractivity contribution < 1.29 is 17.6 Å². The molecular formula is C14H18F4N2. The minimum atomic E-state index is -4.14. The fraction of sp³-hybridized carbons (Fsp3) is 0.571. The number of halogens is 4. The highest BCUT2D eigenvalue weighted by molar-refractivity contribution is 5.27. The Morgan fingerprint density at radius 2 is 2.00 bits per heavy atom. The third kappa shape index (κ3) is 3.70. The van der Waals surface area contributed by atoms with Gasteiger partial charge in [-0.3, -0.25) is 4.90 Å². The fourth-order valence-electron chi connectivity index (χ4n) is 2.65. The van der Waals surface area contributed by atoms with Crippen molar-refractivity contribution in [3.63, 3.8) is 0 Å². The number of hydrogen-bond acceptors (Lipinski definition) is 2. The van der Waals surface area contributed by atoms with Crippen LogP contribution in [0.5, 0.6) is 0 Å². The van der Waals surface area contributed by atoms with Crippen LogP contribution in [-0.2, 0) is 13.1 Å². The average Bonchev–Trinajstić information content (AvgIpc) is 2.40. The summed E-state index contributed by atoms with van der Waals surface area (Å²) < 4.78 is 51.4. The molecule has 1 saturated heterocycles. The maximum Gasteiger partial charge on any atom is 0.393 e. The Morgan fingerprint density at radius 3 is 2.65 bits per heavy atom. The normalized spacial score (nSPS) is 21.1. The number of nitrogens with two attached hydrogens (primary N) is 1. The van der Waals surface area contributed by atoms with E-state index in [2.05, 4.69) is 0 Å². The topological polar surface area (TPSA) is 29.3 Å². The summed E-state index contributed by atoms with van der Waals surface area (Å²) in [6.45, 7) is 1.21. The van der Waals surface area contributed by atoms with Crippen LogP contribution in [0.2, 0.25) is 0 Å². The van der Waals surface area contributed by atoms with Gasteiger partial charge in [-0.05, 0) is 42.6 Å². The molecule has 20 heavy (non-hydrogen) atoms. The Hall–Kier alpha value is -1.14. The molecule has 0 saturated carbocycles. The van der Waals surface area contributed by atoms with E-state index in [1.807, 2.05) is 0 Å². The van der Waals surface area contributed by atoms with Crippen LogP contribution < -0.4 is 5.73 Å². The standard InChI is InChI=1S/C14H18F4N2/c15-13-4-3-10(11(6-13)7-19)8-20-5-1-2-12(9-20)14(16,17)18/h3-4,6,12H,1-2,5,7-9,19H2. The Balaban J connectivity index is 2.06. The number of rotatable bonds is 3. The van der Waals surface area contributed by atoms with Crippen LogP contribution in [0.15, 0.2) is 18.2 Å². The lowest BCUT2D eigenvalue weighted by atomic mass is 9.96. The van der Waals surface area contributed by atoms with Gasteiger partial charge in [0.1, 0.15) is 5.82 Å². The van der Waals surface area contributed by atoms with Gasteiger partial charge in [0.2, 0.25) is 0 Å². The summed E-state index contributed by atoms with van der Waals surface area (Å²) in [7, 11) is 0. The molecule has 2 rings (SSSR count). The van der Waals surface area contributed by atoms with Gasteiger partial charge in [-0.1, -0.05) is 6.07 Å².